The lowest BCUT2D eigenvalue weighted by Crippen LogP contribution is -2.48. The van der Waals surface area contributed by atoms with Gasteiger partial charge in [0.15, 0.2) is 0 Å². The fraction of sp³-hybridized carbons (Fsp3) is 0.542. The summed E-state index contributed by atoms with van der Waals surface area (Å²) in [6.45, 7) is 0.718. The largest absolute Gasteiger partial charge is 0.490 e. The molecule has 1 aromatic rings. The van der Waals surface area contributed by atoms with Crippen molar-refractivity contribution in [2.24, 2.45) is 17.6 Å². The van der Waals surface area contributed by atoms with E-state index in [2.05, 4.69) is 11.4 Å². The smallest absolute Gasteiger partial charge is 0.475 e. The summed E-state index contributed by atoms with van der Waals surface area (Å²) >= 11 is 0. The number of nitrogens with zero attached hydrogens (tertiary/aromatic N) is 1. The summed E-state index contributed by atoms with van der Waals surface area (Å²) < 4.78 is 31.7. The molecule has 7 nitrogen and oxygen atoms in total. The van der Waals surface area contributed by atoms with Crippen LogP contribution in [-0.2, 0) is 20.8 Å². The number of hydrogen-bond acceptors (Lipinski definition) is 4. The molecule has 0 saturated heterocycles. The first-order chi connectivity index (χ1) is 16.1. The lowest BCUT2D eigenvalue weighted by Gasteiger charge is -2.22. The number of nitrogens with one attached hydrogen (secondary N) is 1. The maximum atomic E-state index is 12.7. The number of hydrogen-bond donors (Lipinski definition) is 3. The number of aliphatic carboxylic acids is 1. The zero-order valence-electron chi connectivity index (χ0n) is 18.8. The van der Waals surface area contributed by atoms with Gasteiger partial charge >= 0.3 is 12.1 Å². The van der Waals surface area contributed by atoms with Crippen LogP contribution >= 0.6 is 0 Å². The molecule has 0 radical (unpaired) electrons. The summed E-state index contributed by atoms with van der Waals surface area (Å²) in [6, 6.07) is 7.52. The Labute approximate surface area is 196 Å². The Morgan fingerprint density at radius 3 is 2.29 bits per heavy atom. The van der Waals surface area contributed by atoms with E-state index in [1.165, 1.54) is 18.4 Å². The first-order valence-electron chi connectivity index (χ1n) is 11.5. The standard InChI is InChI=1S/C22H29N3O2.C2HF3O2/c23-21(17-6-1-2-7-17)22(27)24-18(15-9-10-15)11-12-20(26)25-14-13-16-5-3-4-8-19(16)25;3-2(4,5)1(6)7/h3-5,8,11-12,15,17-18,21H,1-2,6-7,9-10,13-14,23H2,(H,24,27);(H,6,7)/b12-11+;/t18-,21+;/m1./s1. The molecule has 0 unspecified atom stereocenters. The van der Waals surface area contributed by atoms with Crippen LogP contribution in [0.3, 0.4) is 0 Å². The average molecular weight is 482 g/mol. The van der Waals surface area contributed by atoms with Gasteiger partial charge in [0.2, 0.25) is 5.91 Å². The van der Waals surface area contributed by atoms with Crippen LogP contribution in [0.25, 0.3) is 0 Å². The minimum absolute atomic E-state index is 0.0139. The zero-order valence-corrected chi connectivity index (χ0v) is 18.8. The van der Waals surface area contributed by atoms with E-state index in [4.69, 9.17) is 15.6 Å². The molecule has 1 aromatic carbocycles. The number of carboxylic acids is 1. The molecule has 34 heavy (non-hydrogen) atoms. The van der Waals surface area contributed by atoms with E-state index in [1.807, 2.05) is 29.2 Å². The number of amides is 2. The molecule has 2 aliphatic carbocycles. The number of nitrogens with two attached hydrogens (primary N) is 1. The van der Waals surface area contributed by atoms with Crippen molar-refractivity contribution in [1.82, 2.24) is 5.32 Å². The number of alkyl halides is 3. The minimum atomic E-state index is -5.08. The normalized spacial score (nSPS) is 19.8. The summed E-state index contributed by atoms with van der Waals surface area (Å²) in [5.74, 6) is -2.11. The summed E-state index contributed by atoms with van der Waals surface area (Å²) in [6.07, 6.45) is 5.94. The molecule has 2 fully saturated rings. The number of carbonyl (C=O) groups is 3. The fourth-order valence-corrected chi connectivity index (χ4v) is 4.41. The van der Waals surface area contributed by atoms with Crippen LogP contribution in [-0.4, -0.2) is 47.7 Å². The minimum Gasteiger partial charge on any atom is -0.475 e. The number of fused-ring (bicyclic) bond motifs is 1. The number of para-hydroxylation sites is 1. The lowest BCUT2D eigenvalue weighted by atomic mass is 9.97. The molecular weight excluding hydrogens is 451 g/mol. The van der Waals surface area contributed by atoms with Crippen LogP contribution in [0.2, 0.25) is 0 Å². The highest BCUT2D eigenvalue weighted by Crippen LogP contribution is 2.34. The van der Waals surface area contributed by atoms with Crippen molar-refractivity contribution in [3.8, 4) is 0 Å². The number of rotatable bonds is 6. The molecular formula is C24H30F3N3O4. The molecule has 4 N–H and O–H groups in total. The van der Waals surface area contributed by atoms with Gasteiger partial charge in [-0.05, 0) is 55.6 Å². The monoisotopic (exact) mass is 481 g/mol. The van der Waals surface area contributed by atoms with Crippen molar-refractivity contribution in [2.45, 2.75) is 63.2 Å². The van der Waals surface area contributed by atoms with Gasteiger partial charge in [-0.15, -0.1) is 0 Å². The number of carbonyl (C=O) groups excluding carboxylic acids is 2. The van der Waals surface area contributed by atoms with Crippen LogP contribution in [0.15, 0.2) is 36.4 Å². The number of halogens is 3. The van der Waals surface area contributed by atoms with Crippen LogP contribution in [0.5, 0.6) is 0 Å². The van der Waals surface area contributed by atoms with Gasteiger partial charge in [0.1, 0.15) is 0 Å². The maximum Gasteiger partial charge on any atom is 0.490 e. The predicted molar refractivity (Wildman–Crippen MR) is 120 cm³/mol. The molecule has 1 heterocycles. The highest BCUT2D eigenvalue weighted by molar-refractivity contribution is 6.03. The highest BCUT2D eigenvalue weighted by Gasteiger charge is 2.38. The van der Waals surface area contributed by atoms with E-state index in [9.17, 15) is 22.8 Å². The van der Waals surface area contributed by atoms with E-state index >= 15 is 0 Å². The second kappa shape index (κ2) is 11.0. The first-order valence-corrected chi connectivity index (χ1v) is 11.5. The van der Waals surface area contributed by atoms with Crippen molar-refractivity contribution >= 4 is 23.5 Å². The summed E-state index contributed by atoms with van der Waals surface area (Å²) in [5, 5.41) is 10.2. The molecule has 1 aliphatic heterocycles. The molecule has 0 aromatic heterocycles. The maximum absolute atomic E-state index is 12.7. The van der Waals surface area contributed by atoms with E-state index in [0.29, 0.717) is 11.8 Å². The first kappa shape index (κ1) is 25.7. The quantitative estimate of drug-likeness (QED) is 0.541. The predicted octanol–water partition coefficient (Wildman–Crippen LogP) is 3.18. The van der Waals surface area contributed by atoms with E-state index in [1.54, 1.807) is 6.08 Å². The van der Waals surface area contributed by atoms with E-state index in [-0.39, 0.29) is 17.9 Å². The van der Waals surface area contributed by atoms with Crippen molar-refractivity contribution in [1.29, 1.82) is 0 Å². The Morgan fingerprint density at radius 2 is 1.71 bits per heavy atom. The Hall–Kier alpha value is -2.88. The second-order valence-electron chi connectivity index (χ2n) is 8.97. The Balaban J connectivity index is 0.000000406. The van der Waals surface area contributed by atoms with Crippen molar-refractivity contribution in [2.75, 3.05) is 11.4 Å². The van der Waals surface area contributed by atoms with Crippen molar-refractivity contribution < 1.29 is 32.7 Å². The molecule has 2 amide bonds. The Bertz CT molecular complexity index is 924. The third-order valence-corrected chi connectivity index (χ3v) is 6.49. The van der Waals surface area contributed by atoms with E-state index < -0.39 is 18.2 Å². The van der Waals surface area contributed by atoms with Gasteiger partial charge < -0.3 is 21.1 Å². The molecule has 0 spiro atoms. The molecule has 0 bridgehead atoms. The van der Waals surface area contributed by atoms with Crippen LogP contribution < -0.4 is 16.0 Å². The molecule has 4 rings (SSSR count). The highest BCUT2D eigenvalue weighted by atomic mass is 19.4. The van der Waals surface area contributed by atoms with Gasteiger partial charge in [0, 0.05) is 18.3 Å². The van der Waals surface area contributed by atoms with Gasteiger partial charge in [0.25, 0.3) is 5.91 Å². The molecule has 3 aliphatic rings. The van der Waals surface area contributed by atoms with E-state index in [0.717, 1.165) is 44.3 Å². The molecule has 2 atom stereocenters. The molecule has 2 saturated carbocycles. The van der Waals surface area contributed by atoms with Crippen molar-refractivity contribution in [3.05, 3.63) is 42.0 Å². The number of benzene rings is 1. The number of carboxylic acid groups (broad SMARTS) is 1. The Morgan fingerprint density at radius 1 is 1.09 bits per heavy atom. The molecule has 186 valence electrons. The second-order valence-corrected chi connectivity index (χ2v) is 8.97. The van der Waals surface area contributed by atoms with Gasteiger partial charge in [-0.3, -0.25) is 9.59 Å². The zero-order chi connectivity index (χ0) is 24.9. The van der Waals surface area contributed by atoms with Crippen LogP contribution in [0, 0.1) is 11.8 Å². The lowest BCUT2D eigenvalue weighted by molar-refractivity contribution is -0.192. The van der Waals surface area contributed by atoms with Gasteiger partial charge in [-0.1, -0.05) is 37.1 Å². The Kier molecular flexibility index (Phi) is 8.35. The third kappa shape index (κ3) is 6.82. The average Bonchev–Trinajstić information content (AvgIpc) is 3.32. The van der Waals surface area contributed by atoms with Crippen LogP contribution in [0.4, 0.5) is 18.9 Å². The fourth-order valence-electron chi connectivity index (χ4n) is 4.41. The molecule has 10 heteroatoms. The summed E-state index contributed by atoms with van der Waals surface area (Å²) in [5.41, 5.74) is 8.41. The van der Waals surface area contributed by atoms with Crippen molar-refractivity contribution in [3.63, 3.8) is 0 Å². The van der Waals surface area contributed by atoms with Crippen LogP contribution in [0.1, 0.15) is 44.1 Å². The van der Waals surface area contributed by atoms with Gasteiger partial charge in [0.05, 0.1) is 12.1 Å². The van der Waals surface area contributed by atoms with Gasteiger partial charge in [-0.25, -0.2) is 4.79 Å². The number of anilines is 1. The summed E-state index contributed by atoms with van der Waals surface area (Å²) in [7, 11) is 0. The third-order valence-electron chi connectivity index (χ3n) is 6.49. The SMILES string of the molecule is N[C@H](C(=O)N[C@H](/C=C/C(=O)N1CCc2ccccc21)C1CC1)C1CCCC1.O=C(O)C(F)(F)F. The topological polar surface area (TPSA) is 113 Å². The summed E-state index contributed by atoms with van der Waals surface area (Å²) in [4.78, 5) is 36.0. The van der Waals surface area contributed by atoms with Gasteiger partial charge in [-0.2, -0.15) is 13.2 Å².